The van der Waals surface area contributed by atoms with Gasteiger partial charge in [0.15, 0.2) is 0 Å². The smallest absolute Gasteiger partial charge is 0.131 e. The number of hydrogen-bond donors (Lipinski definition) is 2. The molecule has 0 radical (unpaired) electrons. The molecule has 0 aliphatic rings. The van der Waals surface area contributed by atoms with Crippen LogP contribution < -0.4 is 0 Å². The molecule has 7 heteroatoms. The molecule has 0 saturated heterocycles. The minimum atomic E-state index is -0.242. The number of pyridine rings is 2. The van der Waals surface area contributed by atoms with E-state index >= 15 is 0 Å². The van der Waals surface area contributed by atoms with Crippen molar-refractivity contribution < 1.29 is 4.39 Å². The van der Waals surface area contributed by atoms with E-state index in [1.165, 1.54) is 6.07 Å². The van der Waals surface area contributed by atoms with E-state index in [0.717, 1.165) is 62.1 Å². The van der Waals surface area contributed by atoms with Crippen molar-refractivity contribution in [3.63, 3.8) is 0 Å². The van der Waals surface area contributed by atoms with Crippen molar-refractivity contribution in [3.8, 4) is 33.8 Å². The molecule has 0 fully saturated rings. The molecule has 6 aromatic rings. The van der Waals surface area contributed by atoms with Crippen LogP contribution in [0.4, 0.5) is 4.39 Å². The Morgan fingerprint density at radius 2 is 1.71 bits per heavy atom. The highest BCUT2D eigenvalue weighted by Gasteiger charge is 2.16. The van der Waals surface area contributed by atoms with E-state index in [1.807, 2.05) is 62.9 Å². The number of nitrogens with zero attached hydrogens (tertiary/aromatic N) is 4. The Kier molecular flexibility index (Phi) is 5.12. The molecule has 6 rings (SSSR count). The summed E-state index contributed by atoms with van der Waals surface area (Å²) in [6.45, 7) is 0.805. The first-order chi connectivity index (χ1) is 17.1. The lowest BCUT2D eigenvalue weighted by Crippen LogP contribution is -2.10. The monoisotopic (exact) mass is 462 g/mol. The molecule has 0 atom stereocenters. The molecule has 0 aliphatic heterocycles. The van der Waals surface area contributed by atoms with Gasteiger partial charge in [-0.2, -0.15) is 5.10 Å². The molecule has 2 N–H and O–H groups in total. The summed E-state index contributed by atoms with van der Waals surface area (Å²) in [5.41, 5.74) is 7.73. The fraction of sp³-hybridized carbons (Fsp3) is 0.107. The number of hydrogen-bond acceptors (Lipinski definition) is 4. The highest BCUT2D eigenvalue weighted by molar-refractivity contribution is 6.01. The molecule has 4 heterocycles. The summed E-state index contributed by atoms with van der Waals surface area (Å²) in [5, 5.41) is 9.56. The molecular formula is C28H23FN6. The maximum atomic E-state index is 14.6. The first kappa shape index (κ1) is 21.2. The number of benzene rings is 2. The van der Waals surface area contributed by atoms with Gasteiger partial charge in [-0.25, -0.2) is 4.39 Å². The van der Waals surface area contributed by atoms with E-state index in [4.69, 9.17) is 0 Å². The van der Waals surface area contributed by atoms with Gasteiger partial charge in [0, 0.05) is 46.4 Å². The number of aromatic amines is 2. The maximum absolute atomic E-state index is 14.6. The standard InChI is InChI=1S/C28H23FN6/c1-35(2)16-17-10-18(14-30-13-17)25-12-22-27(15-31-25)33-34-28(22)26-11-21-19(7-5-9-24(21)32-26)20-6-3-4-8-23(20)29/h3-15,32H,16H2,1-2H3,(H,33,34). The fourth-order valence-electron chi connectivity index (χ4n) is 4.56. The third-order valence-electron chi connectivity index (χ3n) is 6.12. The van der Waals surface area contributed by atoms with Gasteiger partial charge in [0.05, 0.1) is 23.1 Å². The zero-order valence-corrected chi connectivity index (χ0v) is 19.4. The second-order valence-electron chi connectivity index (χ2n) is 8.94. The molecule has 172 valence electrons. The summed E-state index contributed by atoms with van der Waals surface area (Å²) in [6.07, 6.45) is 5.51. The predicted molar refractivity (Wildman–Crippen MR) is 137 cm³/mol. The first-order valence-corrected chi connectivity index (χ1v) is 11.4. The van der Waals surface area contributed by atoms with Crippen LogP contribution in [0.2, 0.25) is 0 Å². The molecule has 0 bridgehead atoms. The van der Waals surface area contributed by atoms with Gasteiger partial charge in [-0.15, -0.1) is 0 Å². The molecule has 35 heavy (non-hydrogen) atoms. The number of fused-ring (bicyclic) bond motifs is 2. The van der Waals surface area contributed by atoms with Crippen LogP contribution in [0.3, 0.4) is 0 Å². The lowest BCUT2D eigenvalue weighted by molar-refractivity contribution is 0.402. The topological polar surface area (TPSA) is 73.5 Å². The van der Waals surface area contributed by atoms with Gasteiger partial charge < -0.3 is 9.88 Å². The summed E-state index contributed by atoms with van der Waals surface area (Å²) in [6, 6.07) is 18.9. The van der Waals surface area contributed by atoms with Crippen LogP contribution >= 0.6 is 0 Å². The minimum absolute atomic E-state index is 0.242. The van der Waals surface area contributed by atoms with Crippen molar-refractivity contribution in [3.05, 3.63) is 90.6 Å². The van der Waals surface area contributed by atoms with Crippen LogP contribution in [0.25, 0.3) is 55.6 Å². The average molecular weight is 463 g/mol. The van der Waals surface area contributed by atoms with Gasteiger partial charge in [-0.1, -0.05) is 30.3 Å². The normalized spacial score (nSPS) is 11.7. The Morgan fingerprint density at radius 3 is 2.57 bits per heavy atom. The first-order valence-electron chi connectivity index (χ1n) is 11.4. The van der Waals surface area contributed by atoms with E-state index in [0.29, 0.717) is 5.56 Å². The highest BCUT2D eigenvalue weighted by atomic mass is 19.1. The lowest BCUT2D eigenvalue weighted by atomic mass is 10.0. The van der Waals surface area contributed by atoms with Gasteiger partial charge in [-0.05, 0) is 55.6 Å². The Balaban J connectivity index is 1.46. The van der Waals surface area contributed by atoms with Crippen LogP contribution in [0.5, 0.6) is 0 Å². The summed E-state index contributed by atoms with van der Waals surface area (Å²) in [4.78, 5) is 14.6. The second-order valence-corrected chi connectivity index (χ2v) is 8.94. The van der Waals surface area contributed by atoms with Crippen molar-refractivity contribution in [1.82, 2.24) is 30.0 Å². The fourth-order valence-corrected chi connectivity index (χ4v) is 4.56. The molecule has 0 saturated carbocycles. The summed E-state index contributed by atoms with van der Waals surface area (Å²) >= 11 is 0. The molecular weight excluding hydrogens is 439 g/mol. The summed E-state index contributed by atoms with van der Waals surface area (Å²) < 4.78 is 14.6. The van der Waals surface area contributed by atoms with Gasteiger partial charge in [0.25, 0.3) is 0 Å². The number of nitrogens with one attached hydrogen (secondary N) is 2. The van der Waals surface area contributed by atoms with Crippen molar-refractivity contribution in [2.45, 2.75) is 6.54 Å². The quantitative estimate of drug-likeness (QED) is 0.328. The Morgan fingerprint density at radius 1 is 0.857 bits per heavy atom. The molecule has 2 aromatic carbocycles. The predicted octanol–water partition coefficient (Wildman–Crippen LogP) is 6.04. The highest BCUT2D eigenvalue weighted by Crippen LogP contribution is 2.35. The van der Waals surface area contributed by atoms with Crippen molar-refractivity contribution in [2.24, 2.45) is 0 Å². The van der Waals surface area contributed by atoms with Crippen LogP contribution in [0.1, 0.15) is 5.56 Å². The van der Waals surface area contributed by atoms with Crippen molar-refractivity contribution in [1.29, 1.82) is 0 Å². The Hall–Kier alpha value is -4.36. The second kappa shape index (κ2) is 8.45. The van der Waals surface area contributed by atoms with Crippen LogP contribution in [-0.2, 0) is 6.54 Å². The largest absolute Gasteiger partial charge is 0.353 e. The molecule has 4 aromatic heterocycles. The molecule has 0 unspecified atom stereocenters. The maximum Gasteiger partial charge on any atom is 0.131 e. The van der Waals surface area contributed by atoms with Gasteiger partial charge in [0.2, 0.25) is 0 Å². The van der Waals surface area contributed by atoms with Crippen LogP contribution in [0.15, 0.2) is 79.3 Å². The number of rotatable bonds is 5. The molecule has 6 nitrogen and oxygen atoms in total. The van der Waals surface area contributed by atoms with E-state index in [1.54, 1.807) is 18.3 Å². The molecule has 0 spiro atoms. The Labute approximate surface area is 201 Å². The minimum Gasteiger partial charge on any atom is -0.353 e. The average Bonchev–Trinajstić information content (AvgIpc) is 3.47. The summed E-state index contributed by atoms with van der Waals surface area (Å²) in [5.74, 6) is -0.242. The van der Waals surface area contributed by atoms with E-state index in [9.17, 15) is 4.39 Å². The van der Waals surface area contributed by atoms with Crippen LogP contribution in [-0.4, -0.2) is 44.1 Å². The summed E-state index contributed by atoms with van der Waals surface area (Å²) in [7, 11) is 4.07. The number of aromatic nitrogens is 5. The van der Waals surface area contributed by atoms with Crippen molar-refractivity contribution >= 4 is 21.8 Å². The zero-order chi connectivity index (χ0) is 23.9. The molecule has 0 aliphatic carbocycles. The number of H-pyrrole nitrogens is 2. The molecule has 0 amide bonds. The van der Waals surface area contributed by atoms with Gasteiger partial charge in [-0.3, -0.25) is 15.1 Å². The zero-order valence-electron chi connectivity index (χ0n) is 19.4. The lowest BCUT2D eigenvalue weighted by Gasteiger charge is -2.10. The third-order valence-corrected chi connectivity index (χ3v) is 6.12. The Bertz CT molecular complexity index is 1680. The van der Waals surface area contributed by atoms with E-state index < -0.39 is 0 Å². The van der Waals surface area contributed by atoms with Crippen LogP contribution in [0, 0.1) is 5.82 Å². The SMILES string of the molecule is CN(C)Cc1cncc(-c2cc3c(-c4cc5c(-c6ccccc6F)cccc5[nH]4)n[nH]c3cn2)c1. The third kappa shape index (κ3) is 3.86. The van der Waals surface area contributed by atoms with Crippen molar-refractivity contribution in [2.75, 3.05) is 14.1 Å². The van der Waals surface area contributed by atoms with E-state index in [-0.39, 0.29) is 5.82 Å². The van der Waals surface area contributed by atoms with Gasteiger partial charge in [0.1, 0.15) is 11.5 Å². The van der Waals surface area contributed by atoms with E-state index in [2.05, 4.69) is 36.1 Å². The number of halogens is 1. The van der Waals surface area contributed by atoms with Gasteiger partial charge >= 0.3 is 0 Å².